The van der Waals surface area contributed by atoms with Crippen molar-refractivity contribution in [3.63, 3.8) is 0 Å². The topological polar surface area (TPSA) is 139 Å². The maximum Gasteiger partial charge on any atom is 0.328 e. The van der Waals surface area contributed by atoms with Gasteiger partial charge in [-0.2, -0.15) is 4.98 Å². The summed E-state index contributed by atoms with van der Waals surface area (Å²) in [5.41, 5.74) is 6.03. The molecule has 1 heterocycles. The number of carbonyl (C=O) groups is 1. The zero-order valence-electron chi connectivity index (χ0n) is 13.4. The Morgan fingerprint density at radius 3 is 2.68 bits per heavy atom. The van der Waals surface area contributed by atoms with E-state index < -0.39 is 16.1 Å². The third-order valence-corrected chi connectivity index (χ3v) is 4.36. The van der Waals surface area contributed by atoms with Crippen molar-refractivity contribution in [3.05, 3.63) is 35.5 Å². The molecule has 0 fully saturated rings. The highest BCUT2D eigenvalue weighted by Gasteiger charge is 2.24. The molecule has 134 valence electrons. The van der Waals surface area contributed by atoms with Gasteiger partial charge >= 0.3 is 6.03 Å². The third-order valence-electron chi connectivity index (χ3n) is 2.80. The smallest absolute Gasteiger partial charge is 0.328 e. The van der Waals surface area contributed by atoms with Crippen molar-refractivity contribution in [2.45, 2.75) is 24.8 Å². The molecule has 2 aromatic rings. The van der Waals surface area contributed by atoms with Crippen LogP contribution in [0.5, 0.6) is 0 Å². The van der Waals surface area contributed by atoms with Gasteiger partial charge in [0, 0.05) is 16.8 Å². The van der Waals surface area contributed by atoms with Crippen LogP contribution in [0.3, 0.4) is 0 Å². The highest BCUT2D eigenvalue weighted by molar-refractivity contribution is 7.90. The van der Waals surface area contributed by atoms with Crippen LogP contribution in [-0.4, -0.2) is 30.5 Å². The summed E-state index contributed by atoms with van der Waals surface area (Å²) in [5, 5.41) is 5.68. The molecule has 0 atom stereocenters. The Labute approximate surface area is 150 Å². The van der Waals surface area contributed by atoms with Crippen molar-refractivity contribution in [1.29, 1.82) is 0 Å². The van der Waals surface area contributed by atoms with Crippen molar-refractivity contribution in [2.24, 2.45) is 0 Å². The van der Waals surface area contributed by atoms with E-state index in [1.807, 2.05) is 4.72 Å². The van der Waals surface area contributed by atoms with Gasteiger partial charge in [0.25, 0.3) is 10.0 Å². The van der Waals surface area contributed by atoms with E-state index in [0.717, 1.165) is 6.20 Å². The van der Waals surface area contributed by atoms with Crippen LogP contribution in [-0.2, 0) is 10.0 Å². The Morgan fingerprint density at radius 2 is 2.04 bits per heavy atom. The number of hydrogen-bond acceptors (Lipinski definition) is 7. The molecule has 11 heteroatoms. The van der Waals surface area contributed by atoms with Gasteiger partial charge in [0.15, 0.2) is 5.82 Å². The Bertz CT molecular complexity index is 888. The number of benzene rings is 1. The Hall–Kier alpha value is -2.59. The van der Waals surface area contributed by atoms with Crippen molar-refractivity contribution in [2.75, 3.05) is 11.1 Å². The number of carbonyl (C=O) groups excluding carboxylic acids is 1. The van der Waals surface area contributed by atoms with Crippen LogP contribution in [0.15, 0.2) is 35.4 Å². The maximum atomic E-state index is 12.5. The summed E-state index contributed by atoms with van der Waals surface area (Å²) >= 11 is 5.91. The lowest BCUT2D eigenvalue weighted by molar-refractivity contribution is 0.243. The molecular formula is C14H17ClN6O3S. The molecule has 1 aromatic heterocycles. The molecule has 0 radical (unpaired) electrons. The normalized spacial score (nSPS) is 11.2. The summed E-state index contributed by atoms with van der Waals surface area (Å²) in [7, 11) is -4.22. The van der Waals surface area contributed by atoms with Crippen LogP contribution in [0, 0.1) is 0 Å². The van der Waals surface area contributed by atoms with Gasteiger partial charge in [-0.1, -0.05) is 17.7 Å². The fourth-order valence-corrected chi connectivity index (χ4v) is 2.99. The number of nitrogens with zero attached hydrogens (tertiary/aromatic N) is 2. The van der Waals surface area contributed by atoms with Crippen LogP contribution in [0.1, 0.15) is 13.8 Å². The van der Waals surface area contributed by atoms with Crippen molar-refractivity contribution >= 4 is 45.1 Å². The number of rotatable bonds is 5. The number of aromatic nitrogens is 2. The van der Waals surface area contributed by atoms with Crippen LogP contribution in [0.2, 0.25) is 5.02 Å². The third kappa shape index (κ3) is 5.19. The highest BCUT2D eigenvalue weighted by Crippen LogP contribution is 2.24. The second kappa shape index (κ2) is 7.53. The number of halogens is 1. The number of nitrogen functional groups attached to an aromatic ring is 1. The minimum Gasteiger partial charge on any atom is -0.368 e. The van der Waals surface area contributed by atoms with Crippen LogP contribution < -0.4 is 21.1 Å². The lowest BCUT2D eigenvalue weighted by Crippen LogP contribution is -2.42. The molecule has 1 aromatic carbocycles. The molecule has 2 rings (SSSR count). The molecule has 0 spiro atoms. The number of nitrogens with one attached hydrogen (secondary N) is 3. The van der Waals surface area contributed by atoms with Crippen molar-refractivity contribution in [3.8, 4) is 0 Å². The molecule has 5 N–H and O–H groups in total. The predicted molar refractivity (Wildman–Crippen MR) is 95.2 cm³/mol. The minimum atomic E-state index is -4.22. The first kappa shape index (κ1) is 18.7. The number of hydrogen-bond donors (Lipinski definition) is 4. The largest absolute Gasteiger partial charge is 0.368 e. The van der Waals surface area contributed by atoms with E-state index in [4.69, 9.17) is 17.3 Å². The summed E-state index contributed by atoms with van der Waals surface area (Å²) in [6, 6.07) is 5.49. The SMILES string of the molecule is CC(C)NC(=O)NS(=O)(=O)c1cnc(N)nc1Nc1cccc(Cl)c1. The summed E-state index contributed by atoms with van der Waals surface area (Å²) in [4.78, 5) is 19.0. The van der Waals surface area contributed by atoms with Gasteiger partial charge in [-0.05, 0) is 32.0 Å². The van der Waals surface area contributed by atoms with Crippen LogP contribution in [0.4, 0.5) is 22.2 Å². The van der Waals surface area contributed by atoms with Gasteiger partial charge in [0.2, 0.25) is 5.95 Å². The zero-order chi connectivity index (χ0) is 18.6. The summed E-state index contributed by atoms with van der Waals surface area (Å²) < 4.78 is 26.8. The van der Waals surface area contributed by atoms with E-state index in [2.05, 4.69) is 20.6 Å². The second-order valence-corrected chi connectivity index (χ2v) is 7.40. The molecule has 0 unspecified atom stereocenters. The van der Waals surface area contributed by atoms with E-state index >= 15 is 0 Å². The summed E-state index contributed by atoms with van der Waals surface area (Å²) in [6.07, 6.45) is 1.01. The molecule has 0 aliphatic heterocycles. The van der Waals surface area contributed by atoms with Gasteiger partial charge < -0.3 is 16.4 Å². The first-order valence-electron chi connectivity index (χ1n) is 7.16. The molecule has 2 amide bonds. The van der Waals surface area contributed by atoms with E-state index in [9.17, 15) is 13.2 Å². The second-order valence-electron chi connectivity index (χ2n) is 5.31. The van der Waals surface area contributed by atoms with Crippen molar-refractivity contribution < 1.29 is 13.2 Å². The lowest BCUT2D eigenvalue weighted by atomic mass is 10.3. The lowest BCUT2D eigenvalue weighted by Gasteiger charge is -2.14. The fraction of sp³-hybridized carbons (Fsp3) is 0.214. The number of sulfonamides is 1. The first-order chi connectivity index (χ1) is 11.7. The predicted octanol–water partition coefficient (Wildman–Crippen LogP) is 1.85. The van der Waals surface area contributed by atoms with Gasteiger partial charge in [0.05, 0.1) is 6.20 Å². The molecule has 0 bridgehead atoms. The summed E-state index contributed by atoms with van der Waals surface area (Å²) in [5.74, 6) is -0.213. The van der Waals surface area contributed by atoms with E-state index in [1.165, 1.54) is 0 Å². The Kier molecular flexibility index (Phi) is 5.65. The van der Waals surface area contributed by atoms with E-state index in [-0.39, 0.29) is 22.7 Å². The standard InChI is InChI=1S/C14H17ClN6O3S/c1-8(2)18-14(22)21-25(23,24)11-7-17-13(16)20-12(11)19-10-5-3-4-9(15)6-10/h3-8H,1-2H3,(H2,18,21,22)(H3,16,17,19,20). The minimum absolute atomic E-state index is 0.0837. The van der Waals surface area contributed by atoms with Crippen LogP contribution in [0.25, 0.3) is 0 Å². The van der Waals surface area contributed by atoms with Crippen molar-refractivity contribution in [1.82, 2.24) is 20.0 Å². The van der Waals surface area contributed by atoms with Gasteiger partial charge in [-0.3, -0.25) is 0 Å². The zero-order valence-corrected chi connectivity index (χ0v) is 15.0. The number of anilines is 3. The molecule has 0 aliphatic carbocycles. The monoisotopic (exact) mass is 384 g/mol. The Balaban J connectivity index is 2.36. The maximum absolute atomic E-state index is 12.5. The fourth-order valence-electron chi connectivity index (χ4n) is 1.84. The van der Waals surface area contributed by atoms with E-state index in [1.54, 1.807) is 38.1 Å². The number of amides is 2. The van der Waals surface area contributed by atoms with Gasteiger partial charge in [-0.15, -0.1) is 0 Å². The number of urea groups is 1. The summed E-state index contributed by atoms with van der Waals surface area (Å²) in [6.45, 7) is 3.40. The first-order valence-corrected chi connectivity index (χ1v) is 9.02. The number of nitrogens with two attached hydrogens (primary N) is 1. The molecule has 0 saturated heterocycles. The van der Waals surface area contributed by atoms with Gasteiger partial charge in [-0.25, -0.2) is 22.9 Å². The molecule has 0 saturated carbocycles. The Morgan fingerprint density at radius 1 is 1.32 bits per heavy atom. The van der Waals surface area contributed by atoms with Crippen LogP contribution >= 0.6 is 11.6 Å². The average molecular weight is 385 g/mol. The quantitative estimate of drug-likeness (QED) is 0.616. The molecule has 25 heavy (non-hydrogen) atoms. The highest BCUT2D eigenvalue weighted by atomic mass is 35.5. The molecular weight excluding hydrogens is 368 g/mol. The van der Waals surface area contributed by atoms with Gasteiger partial charge in [0.1, 0.15) is 4.90 Å². The molecule has 0 aliphatic rings. The molecule has 9 nitrogen and oxygen atoms in total. The van der Waals surface area contributed by atoms with E-state index in [0.29, 0.717) is 10.7 Å². The average Bonchev–Trinajstić information content (AvgIpc) is 2.45.